The second kappa shape index (κ2) is 12.7. The van der Waals surface area contributed by atoms with Crippen LogP contribution in [0.4, 0.5) is 0 Å². The maximum Gasteiger partial charge on any atom is 0.200 e. The third-order valence-electron chi connectivity index (χ3n) is 13.9. The molecule has 4 aliphatic carbocycles. The Bertz CT molecular complexity index is 873. The van der Waals surface area contributed by atoms with Crippen molar-refractivity contribution < 1.29 is 4.43 Å². The van der Waals surface area contributed by atoms with E-state index in [0.717, 1.165) is 35.5 Å². The molecule has 0 aliphatic heterocycles. The summed E-state index contributed by atoms with van der Waals surface area (Å²) in [6, 6.07) is 0. The van der Waals surface area contributed by atoms with E-state index >= 15 is 0 Å². The number of allylic oxidation sites excluding steroid dienone is 3. The fourth-order valence-electron chi connectivity index (χ4n) is 11.6. The first kappa shape index (κ1) is 32.6. The lowest BCUT2D eigenvalue weighted by molar-refractivity contribution is -0.0534. The molecule has 0 saturated heterocycles. The highest BCUT2D eigenvalue weighted by Crippen LogP contribution is 2.67. The molecule has 3 fully saturated rings. The molecule has 4 rings (SSSR count). The zero-order valence-electron chi connectivity index (χ0n) is 28.7. The summed E-state index contributed by atoms with van der Waals surface area (Å²) in [6.07, 6.45) is 23.3. The van der Waals surface area contributed by atoms with Crippen molar-refractivity contribution in [1.82, 2.24) is 0 Å². The average Bonchev–Trinajstić information content (AvgIpc) is 3.26. The van der Waals surface area contributed by atoms with Gasteiger partial charge in [0.15, 0.2) is 0 Å². The minimum Gasteiger partial charge on any atom is -0.413 e. The Morgan fingerprint density at radius 3 is 2.12 bits per heavy atom. The highest BCUT2D eigenvalue weighted by atomic mass is 28.4. The molecule has 0 amide bonds. The summed E-state index contributed by atoms with van der Waals surface area (Å²) in [7, 11) is -1.83. The predicted molar refractivity (Wildman–Crippen MR) is 178 cm³/mol. The summed E-state index contributed by atoms with van der Waals surface area (Å²) in [6.45, 7) is 27.3. The third kappa shape index (κ3) is 5.65. The van der Waals surface area contributed by atoms with Crippen molar-refractivity contribution in [2.75, 3.05) is 0 Å². The van der Waals surface area contributed by atoms with Crippen LogP contribution in [0.5, 0.6) is 0 Å². The largest absolute Gasteiger partial charge is 0.413 e. The predicted octanol–water partition coefficient (Wildman–Crippen LogP) is 12.1. The first-order valence-corrected chi connectivity index (χ1v) is 20.0. The molecule has 0 radical (unpaired) electrons. The summed E-state index contributed by atoms with van der Waals surface area (Å²) < 4.78 is 7.37. The first-order chi connectivity index (χ1) is 18.8. The molecule has 0 heterocycles. The molecular formula is C38H68OSi. The van der Waals surface area contributed by atoms with E-state index in [1.807, 2.05) is 0 Å². The van der Waals surface area contributed by atoms with Crippen LogP contribution in [-0.4, -0.2) is 14.4 Å². The van der Waals surface area contributed by atoms with Crippen molar-refractivity contribution >= 4 is 8.32 Å². The van der Waals surface area contributed by atoms with E-state index in [-0.39, 0.29) is 0 Å². The van der Waals surface area contributed by atoms with Crippen LogP contribution in [-0.2, 0) is 4.43 Å². The molecule has 0 aromatic heterocycles. The van der Waals surface area contributed by atoms with Crippen molar-refractivity contribution in [3.63, 3.8) is 0 Å². The smallest absolute Gasteiger partial charge is 0.200 e. The number of hydrogen-bond donors (Lipinski definition) is 0. The molecule has 3 saturated carbocycles. The molecule has 1 nitrogen and oxygen atoms in total. The highest BCUT2D eigenvalue weighted by molar-refractivity contribution is 6.77. The van der Waals surface area contributed by atoms with Crippen molar-refractivity contribution in [2.24, 2.45) is 46.3 Å². The van der Waals surface area contributed by atoms with Gasteiger partial charge in [-0.1, -0.05) is 113 Å². The van der Waals surface area contributed by atoms with Gasteiger partial charge in [0, 0.05) is 6.10 Å². The lowest BCUT2D eigenvalue weighted by Crippen LogP contribution is -2.53. The van der Waals surface area contributed by atoms with Gasteiger partial charge in [-0.3, -0.25) is 0 Å². The number of rotatable bonds is 11. The van der Waals surface area contributed by atoms with Crippen LogP contribution in [0.25, 0.3) is 0 Å². The molecular weight excluding hydrogens is 501 g/mol. The summed E-state index contributed by atoms with van der Waals surface area (Å²) in [5, 5.41) is 0. The third-order valence-corrected chi connectivity index (χ3v) is 20.1. The van der Waals surface area contributed by atoms with Gasteiger partial charge in [-0.05, 0) is 121 Å². The second-order valence-electron chi connectivity index (χ2n) is 16.5. The van der Waals surface area contributed by atoms with Crippen molar-refractivity contribution in [3.8, 4) is 0 Å². The molecule has 0 aromatic rings. The quantitative estimate of drug-likeness (QED) is 0.178. The zero-order valence-corrected chi connectivity index (χ0v) is 29.7. The number of hydrogen-bond acceptors (Lipinski definition) is 1. The highest BCUT2D eigenvalue weighted by Gasteiger charge is 2.59. The van der Waals surface area contributed by atoms with E-state index in [2.05, 4.69) is 94.4 Å². The van der Waals surface area contributed by atoms with Crippen LogP contribution >= 0.6 is 0 Å². The van der Waals surface area contributed by atoms with E-state index in [1.165, 1.54) is 70.6 Å². The Labute approximate surface area is 251 Å². The van der Waals surface area contributed by atoms with Crippen LogP contribution in [0, 0.1) is 46.3 Å². The number of fused-ring (bicyclic) bond motifs is 5. The molecule has 8 atom stereocenters. The zero-order chi connectivity index (χ0) is 29.5. The average molecular weight is 569 g/mol. The van der Waals surface area contributed by atoms with Gasteiger partial charge < -0.3 is 4.43 Å². The molecule has 0 bridgehead atoms. The maximum atomic E-state index is 7.37. The minimum absolute atomic E-state index is 0.417. The van der Waals surface area contributed by atoms with E-state index in [4.69, 9.17) is 4.43 Å². The molecule has 4 aliphatic rings. The van der Waals surface area contributed by atoms with Crippen molar-refractivity contribution in [2.45, 2.75) is 170 Å². The summed E-state index contributed by atoms with van der Waals surface area (Å²) in [5.74, 6) is 5.21. The molecule has 0 N–H and O–H groups in total. The molecule has 0 spiro atoms. The van der Waals surface area contributed by atoms with Gasteiger partial charge in [-0.2, -0.15) is 0 Å². The van der Waals surface area contributed by atoms with E-state index < -0.39 is 8.32 Å². The minimum atomic E-state index is -1.83. The normalized spacial score (nSPS) is 37.3. The van der Waals surface area contributed by atoms with E-state index in [9.17, 15) is 0 Å². The SMILES string of the molecule is CCC(CC)C/C=C/[C@@H](C)[C@H]1CC[C@H]2[C@@H]3CC=C4C[C@@H](O[Si](C(C)C)(C(C)C)C(C)C)CC[C@]4(C)[C@H]3CC[C@]12C. The molecule has 230 valence electrons. The second-order valence-corrected chi connectivity index (χ2v) is 21.9. The Morgan fingerprint density at radius 2 is 1.52 bits per heavy atom. The van der Waals surface area contributed by atoms with Crippen LogP contribution in [0.1, 0.15) is 147 Å². The van der Waals surface area contributed by atoms with E-state index in [1.54, 1.807) is 5.57 Å². The van der Waals surface area contributed by atoms with Crippen LogP contribution in [0.3, 0.4) is 0 Å². The standard InChI is InChI=1S/C38H68OSi/c1-12-30(13-2)16-14-15-29(9)34-19-20-35-33-18-17-31-25-32(39-40(26(3)4,27(5)6)28(7)8)21-23-37(31,10)36(33)22-24-38(34,35)11/h14-15,17,26-30,32-36H,12-13,16,18-25H2,1-11H3/b15-14+/t29-,32+,33+,34-,35+,36+,37+,38-/m1/s1. The Hall–Kier alpha value is -0.343. The van der Waals surface area contributed by atoms with Crippen LogP contribution in [0.15, 0.2) is 23.8 Å². The van der Waals surface area contributed by atoms with Gasteiger partial charge in [0.25, 0.3) is 0 Å². The molecule has 40 heavy (non-hydrogen) atoms. The first-order valence-electron chi connectivity index (χ1n) is 17.9. The topological polar surface area (TPSA) is 9.23 Å². The van der Waals surface area contributed by atoms with Gasteiger partial charge in [0.05, 0.1) is 0 Å². The lowest BCUT2D eigenvalue weighted by atomic mass is 9.47. The van der Waals surface area contributed by atoms with Gasteiger partial charge in [0.1, 0.15) is 0 Å². The van der Waals surface area contributed by atoms with Gasteiger partial charge in [0.2, 0.25) is 8.32 Å². The summed E-state index contributed by atoms with van der Waals surface area (Å²) in [4.78, 5) is 0. The maximum absolute atomic E-state index is 7.37. The summed E-state index contributed by atoms with van der Waals surface area (Å²) in [5.41, 5.74) is 4.77. The van der Waals surface area contributed by atoms with Gasteiger partial charge in [-0.15, -0.1) is 0 Å². The Morgan fingerprint density at radius 1 is 0.875 bits per heavy atom. The Kier molecular flexibility index (Phi) is 10.4. The van der Waals surface area contributed by atoms with Gasteiger partial charge in [-0.25, -0.2) is 0 Å². The van der Waals surface area contributed by atoms with Crippen LogP contribution in [0.2, 0.25) is 16.6 Å². The van der Waals surface area contributed by atoms with Crippen molar-refractivity contribution in [1.29, 1.82) is 0 Å². The summed E-state index contributed by atoms with van der Waals surface area (Å²) >= 11 is 0. The fourth-order valence-corrected chi connectivity index (χ4v) is 17.2. The van der Waals surface area contributed by atoms with Crippen molar-refractivity contribution in [3.05, 3.63) is 23.8 Å². The fraction of sp³-hybridized carbons (Fsp3) is 0.895. The Balaban J connectivity index is 1.47. The van der Waals surface area contributed by atoms with Crippen LogP contribution < -0.4 is 0 Å². The molecule has 0 aromatic carbocycles. The molecule has 2 heteroatoms. The molecule has 0 unspecified atom stereocenters. The van der Waals surface area contributed by atoms with Gasteiger partial charge >= 0.3 is 0 Å². The lowest BCUT2D eigenvalue weighted by Gasteiger charge is -2.59. The van der Waals surface area contributed by atoms with E-state index in [0.29, 0.717) is 33.6 Å². The monoisotopic (exact) mass is 569 g/mol.